The standard InChI is InChI=1S/C17H16N4OS/c1-10-20-14-13-12(18-2)8-9-19-16(13)23-15(14)17(22)21(10)11-6-4-3-5-7-11/h3-6,8-9,11H,7H2,1-2H3,(H,18,19). The zero-order valence-electron chi connectivity index (χ0n) is 12.9. The van der Waals surface area contributed by atoms with E-state index in [9.17, 15) is 4.79 Å². The normalized spacial score (nSPS) is 17.2. The average Bonchev–Trinajstić information content (AvgIpc) is 2.95. The van der Waals surface area contributed by atoms with Crippen LogP contribution in [0.1, 0.15) is 18.3 Å². The Morgan fingerprint density at radius 1 is 1.39 bits per heavy atom. The molecule has 1 aliphatic carbocycles. The fourth-order valence-corrected chi connectivity index (χ4v) is 4.13. The third-order valence-electron chi connectivity index (χ3n) is 4.16. The predicted molar refractivity (Wildman–Crippen MR) is 95.4 cm³/mol. The minimum atomic E-state index is 0.0162. The van der Waals surface area contributed by atoms with Crippen molar-refractivity contribution in [3.8, 4) is 0 Å². The molecule has 0 saturated heterocycles. The second-order valence-electron chi connectivity index (χ2n) is 5.52. The van der Waals surface area contributed by atoms with E-state index in [0.717, 1.165) is 33.7 Å². The molecule has 23 heavy (non-hydrogen) atoms. The molecular weight excluding hydrogens is 308 g/mol. The lowest BCUT2D eigenvalue weighted by Crippen LogP contribution is -2.26. The third kappa shape index (κ3) is 2.09. The van der Waals surface area contributed by atoms with Crippen LogP contribution < -0.4 is 10.9 Å². The summed E-state index contributed by atoms with van der Waals surface area (Å²) < 4.78 is 2.46. The molecule has 1 atom stereocenters. The molecule has 1 N–H and O–H groups in total. The van der Waals surface area contributed by atoms with Gasteiger partial charge in [0.25, 0.3) is 5.56 Å². The molecule has 0 aliphatic heterocycles. The van der Waals surface area contributed by atoms with Gasteiger partial charge in [0.1, 0.15) is 20.9 Å². The van der Waals surface area contributed by atoms with E-state index in [0.29, 0.717) is 4.70 Å². The van der Waals surface area contributed by atoms with Gasteiger partial charge in [-0.15, -0.1) is 11.3 Å². The molecule has 0 spiro atoms. The highest BCUT2D eigenvalue weighted by molar-refractivity contribution is 7.25. The largest absolute Gasteiger partial charge is 0.387 e. The first-order valence-electron chi connectivity index (χ1n) is 7.52. The number of hydrogen-bond donors (Lipinski definition) is 1. The van der Waals surface area contributed by atoms with Crippen molar-refractivity contribution in [3.63, 3.8) is 0 Å². The smallest absolute Gasteiger partial charge is 0.272 e. The van der Waals surface area contributed by atoms with Gasteiger partial charge in [-0.25, -0.2) is 9.97 Å². The molecule has 1 aliphatic rings. The molecule has 4 rings (SSSR count). The minimum Gasteiger partial charge on any atom is -0.387 e. The summed E-state index contributed by atoms with van der Waals surface area (Å²) in [6.07, 6.45) is 10.7. The lowest BCUT2D eigenvalue weighted by atomic mass is 10.1. The number of aryl methyl sites for hydroxylation is 1. The van der Waals surface area contributed by atoms with Gasteiger partial charge in [-0.05, 0) is 19.4 Å². The van der Waals surface area contributed by atoms with Crippen LogP contribution in [0, 0.1) is 6.92 Å². The number of anilines is 1. The van der Waals surface area contributed by atoms with E-state index in [1.807, 2.05) is 38.3 Å². The fraction of sp³-hybridized carbons (Fsp3) is 0.235. The third-order valence-corrected chi connectivity index (χ3v) is 5.24. The van der Waals surface area contributed by atoms with Gasteiger partial charge < -0.3 is 5.32 Å². The van der Waals surface area contributed by atoms with E-state index < -0.39 is 0 Å². The van der Waals surface area contributed by atoms with E-state index in [4.69, 9.17) is 4.98 Å². The van der Waals surface area contributed by atoms with Crippen LogP contribution in [0.3, 0.4) is 0 Å². The zero-order chi connectivity index (χ0) is 16.0. The Balaban J connectivity index is 2.06. The van der Waals surface area contributed by atoms with Gasteiger partial charge in [0, 0.05) is 18.9 Å². The molecule has 116 valence electrons. The number of aromatic nitrogens is 3. The van der Waals surface area contributed by atoms with Crippen molar-refractivity contribution in [1.82, 2.24) is 14.5 Å². The summed E-state index contributed by atoms with van der Waals surface area (Å²) in [6.45, 7) is 1.89. The molecule has 6 heteroatoms. The highest BCUT2D eigenvalue weighted by Gasteiger charge is 2.20. The van der Waals surface area contributed by atoms with Crippen LogP contribution in [-0.4, -0.2) is 21.6 Å². The maximum absolute atomic E-state index is 13.0. The lowest BCUT2D eigenvalue weighted by Gasteiger charge is -2.18. The predicted octanol–water partition coefficient (Wildman–Crippen LogP) is 3.41. The fourth-order valence-electron chi connectivity index (χ4n) is 3.09. The highest BCUT2D eigenvalue weighted by Crippen LogP contribution is 2.34. The number of hydrogen-bond acceptors (Lipinski definition) is 5. The Morgan fingerprint density at radius 3 is 3.00 bits per heavy atom. The second kappa shape index (κ2) is 5.31. The van der Waals surface area contributed by atoms with Crippen molar-refractivity contribution in [3.05, 3.63) is 52.7 Å². The summed E-state index contributed by atoms with van der Waals surface area (Å²) in [5.74, 6) is 0.734. The molecule has 0 bridgehead atoms. The van der Waals surface area contributed by atoms with Crippen LogP contribution in [0.5, 0.6) is 0 Å². The van der Waals surface area contributed by atoms with Crippen molar-refractivity contribution in [1.29, 1.82) is 0 Å². The summed E-state index contributed by atoms with van der Waals surface area (Å²) in [7, 11) is 1.87. The lowest BCUT2D eigenvalue weighted by molar-refractivity contribution is 0.563. The molecule has 5 nitrogen and oxygen atoms in total. The van der Waals surface area contributed by atoms with E-state index in [2.05, 4.69) is 16.4 Å². The van der Waals surface area contributed by atoms with Gasteiger partial charge in [-0.2, -0.15) is 0 Å². The monoisotopic (exact) mass is 324 g/mol. The van der Waals surface area contributed by atoms with Crippen LogP contribution in [0.4, 0.5) is 5.69 Å². The van der Waals surface area contributed by atoms with Crippen LogP contribution in [0.15, 0.2) is 41.4 Å². The summed E-state index contributed by atoms with van der Waals surface area (Å²) in [5.41, 5.74) is 1.71. The number of rotatable bonds is 2. The first kappa shape index (κ1) is 14.1. The van der Waals surface area contributed by atoms with Crippen molar-refractivity contribution < 1.29 is 0 Å². The average molecular weight is 324 g/mol. The summed E-state index contributed by atoms with van der Waals surface area (Å²) in [4.78, 5) is 23.0. The molecule has 3 aromatic rings. The van der Waals surface area contributed by atoms with Crippen LogP contribution in [0.2, 0.25) is 0 Å². The summed E-state index contributed by atoms with van der Waals surface area (Å²) in [5, 5.41) is 4.09. The minimum absolute atomic E-state index is 0.0162. The Hall–Kier alpha value is -2.47. The van der Waals surface area contributed by atoms with Gasteiger partial charge in [-0.1, -0.05) is 24.3 Å². The Morgan fingerprint density at radius 2 is 2.26 bits per heavy atom. The molecule has 0 radical (unpaired) electrons. The Kier molecular flexibility index (Phi) is 3.27. The topological polar surface area (TPSA) is 59.8 Å². The van der Waals surface area contributed by atoms with Gasteiger partial charge in [0.15, 0.2) is 0 Å². The number of thiophene rings is 1. The Bertz CT molecular complexity index is 1030. The summed E-state index contributed by atoms with van der Waals surface area (Å²) in [6, 6.07) is 1.94. The molecule has 3 heterocycles. The van der Waals surface area contributed by atoms with Crippen molar-refractivity contribution >= 4 is 37.5 Å². The van der Waals surface area contributed by atoms with Gasteiger partial charge in [-0.3, -0.25) is 9.36 Å². The molecule has 0 amide bonds. The van der Waals surface area contributed by atoms with Crippen LogP contribution in [-0.2, 0) is 0 Å². The van der Waals surface area contributed by atoms with Gasteiger partial charge in [0.05, 0.1) is 11.4 Å². The van der Waals surface area contributed by atoms with E-state index in [1.54, 1.807) is 10.8 Å². The number of pyridine rings is 1. The van der Waals surface area contributed by atoms with Crippen molar-refractivity contribution in [2.24, 2.45) is 0 Å². The number of fused-ring (bicyclic) bond motifs is 3. The van der Waals surface area contributed by atoms with Gasteiger partial charge in [0.2, 0.25) is 0 Å². The SMILES string of the molecule is CNc1ccnc2sc3c(=O)n(C4C=CC=CC4)c(C)nc3c12. The molecule has 1 unspecified atom stereocenters. The number of nitrogens with zero attached hydrogens (tertiary/aromatic N) is 3. The highest BCUT2D eigenvalue weighted by atomic mass is 32.1. The molecule has 3 aromatic heterocycles. The first-order valence-corrected chi connectivity index (χ1v) is 8.34. The molecular formula is C17H16N4OS. The Labute approximate surface area is 137 Å². The second-order valence-corrected chi connectivity index (χ2v) is 6.52. The van der Waals surface area contributed by atoms with E-state index in [-0.39, 0.29) is 11.6 Å². The van der Waals surface area contributed by atoms with Crippen LogP contribution in [0.25, 0.3) is 20.4 Å². The molecule has 0 aromatic carbocycles. The number of nitrogens with one attached hydrogen (secondary N) is 1. The van der Waals surface area contributed by atoms with Crippen LogP contribution >= 0.6 is 11.3 Å². The van der Waals surface area contributed by atoms with Crippen molar-refractivity contribution in [2.75, 3.05) is 12.4 Å². The quantitative estimate of drug-likeness (QED) is 0.785. The number of allylic oxidation sites excluding steroid dienone is 4. The molecule has 0 fully saturated rings. The first-order chi connectivity index (χ1) is 11.2. The zero-order valence-corrected chi connectivity index (χ0v) is 13.7. The van der Waals surface area contributed by atoms with E-state index in [1.165, 1.54) is 11.3 Å². The van der Waals surface area contributed by atoms with Crippen molar-refractivity contribution in [2.45, 2.75) is 19.4 Å². The maximum Gasteiger partial charge on any atom is 0.272 e. The maximum atomic E-state index is 13.0. The van der Waals surface area contributed by atoms with Gasteiger partial charge >= 0.3 is 0 Å². The molecule has 0 saturated carbocycles. The van der Waals surface area contributed by atoms with E-state index >= 15 is 0 Å². The summed E-state index contributed by atoms with van der Waals surface area (Å²) >= 11 is 1.42.